The van der Waals surface area contributed by atoms with Gasteiger partial charge in [-0.3, -0.25) is 9.59 Å². The van der Waals surface area contributed by atoms with E-state index in [4.69, 9.17) is 0 Å². The highest BCUT2D eigenvalue weighted by Gasteiger charge is 2.26. The largest absolute Gasteiger partial charge is 0.299 e. The Hall–Kier alpha value is -0.710. The maximum Gasteiger partial charge on any atom is 0.151 e. The minimum atomic E-state index is -3.27. The van der Waals surface area contributed by atoms with E-state index in [2.05, 4.69) is 0 Å². The third-order valence-electron chi connectivity index (χ3n) is 2.21. The molecule has 0 heterocycles. The predicted molar refractivity (Wildman–Crippen MR) is 58.4 cm³/mol. The van der Waals surface area contributed by atoms with Gasteiger partial charge in [0, 0.05) is 0 Å². The van der Waals surface area contributed by atoms with Gasteiger partial charge in [-0.15, -0.1) is 0 Å². The fraction of sp³-hybridized carbons (Fsp3) is 0.800. The first kappa shape index (κ1) is 14.3. The zero-order valence-corrected chi connectivity index (χ0v) is 10.3. The van der Waals surface area contributed by atoms with Gasteiger partial charge in [-0.2, -0.15) is 0 Å². The smallest absolute Gasteiger partial charge is 0.151 e. The molecule has 0 saturated heterocycles. The minimum Gasteiger partial charge on any atom is -0.299 e. The first-order valence-electron chi connectivity index (χ1n) is 5.01. The molecule has 0 radical (unpaired) electrons. The highest BCUT2D eigenvalue weighted by Crippen LogP contribution is 2.07. The molecule has 0 unspecified atom stereocenters. The van der Waals surface area contributed by atoms with Gasteiger partial charge in [-0.05, 0) is 20.3 Å². The lowest BCUT2D eigenvalue weighted by atomic mass is 10.0. The standard InChI is InChI=1S/C10H18O4S/c1-4-5-6-15(13,14)7-10(8(2)11)9(3)12/h10H,4-7H2,1-3H3. The van der Waals surface area contributed by atoms with Gasteiger partial charge in [0.05, 0.1) is 17.4 Å². The quantitative estimate of drug-likeness (QED) is 0.616. The molecule has 0 aromatic carbocycles. The molecule has 0 bridgehead atoms. The highest BCUT2D eigenvalue weighted by atomic mass is 32.2. The van der Waals surface area contributed by atoms with Gasteiger partial charge < -0.3 is 0 Å². The molecule has 5 heteroatoms. The number of carbonyl (C=O) groups excluding carboxylic acids is 2. The SMILES string of the molecule is CCCCS(=O)(=O)CC(C(C)=O)C(C)=O. The van der Waals surface area contributed by atoms with Crippen molar-refractivity contribution in [2.45, 2.75) is 33.6 Å². The fourth-order valence-corrected chi connectivity index (χ4v) is 3.09. The van der Waals surface area contributed by atoms with Crippen molar-refractivity contribution >= 4 is 21.4 Å². The summed E-state index contributed by atoms with van der Waals surface area (Å²) in [5.41, 5.74) is 0. The van der Waals surface area contributed by atoms with Crippen molar-refractivity contribution in [3.05, 3.63) is 0 Å². The molecule has 0 N–H and O–H groups in total. The van der Waals surface area contributed by atoms with E-state index in [1.807, 2.05) is 6.92 Å². The van der Waals surface area contributed by atoms with E-state index in [1.165, 1.54) is 13.8 Å². The molecular formula is C10H18O4S. The van der Waals surface area contributed by atoms with Crippen LogP contribution in [0, 0.1) is 5.92 Å². The average Bonchev–Trinajstić information content (AvgIpc) is 2.10. The fourth-order valence-electron chi connectivity index (χ4n) is 1.22. The molecular weight excluding hydrogens is 216 g/mol. The molecule has 0 atom stereocenters. The lowest BCUT2D eigenvalue weighted by molar-refractivity contribution is -0.129. The van der Waals surface area contributed by atoms with Crippen molar-refractivity contribution in [1.29, 1.82) is 0 Å². The van der Waals surface area contributed by atoms with Crippen LogP contribution in [0.15, 0.2) is 0 Å². The van der Waals surface area contributed by atoms with Crippen molar-refractivity contribution in [2.24, 2.45) is 5.92 Å². The van der Waals surface area contributed by atoms with E-state index in [-0.39, 0.29) is 23.1 Å². The van der Waals surface area contributed by atoms with Gasteiger partial charge in [0.1, 0.15) is 11.6 Å². The zero-order chi connectivity index (χ0) is 12.1. The summed E-state index contributed by atoms with van der Waals surface area (Å²) in [5, 5.41) is 0. The van der Waals surface area contributed by atoms with Crippen LogP contribution in [0.1, 0.15) is 33.6 Å². The first-order valence-corrected chi connectivity index (χ1v) is 6.83. The van der Waals surface area contributed by atoms with E-state index in [1.54, 1.807) is 0 Å². The van der Waals surface area contributed by atoms with E-state index in [0.717, 1.165) is 6.42 Å². The van der Waals surface area contributed by atoms with Crippen molar-refractivity contribution in [3.63, 3.8) is 0 Å². The van der Waals surface area contributed by atoms with E-state index in [9.17, 15) is 18.0 Å². The first-order chi connectivity index (χ1) is 6.80. The third kappa shape index (κ3) is 5.67. The van der Waals surface area contributed by atoms with E-state index < -0.39 is 15.8 Å². The molecule has 4 nitrogen and oxygen atoms in total. The van der Waals surface area contributed by atoms with Crippen LogP contribution >= 0.6 is 0 Å². The maximum atomic E-state index is 11.5. The minimum absolute atomic E-state index is 0.0561. The van der Waals surface area contributed by atoms with Crippen LogP contribution < -0.4 is 0 Å². The Kier molecular flexibility index (Phi) is 5.72. The number of carbonyl (C=O) groups is 2. The van der Waals surface area contributed by atoms with E-state index >= 15 is 0 Å². The van der Waals surface area contributed by atoms with Gasteiger partial charge in [0.25, 0.3) is 0 Å². The summed E-state index contributed by atoms with van der Waals surface area (Å²) in [5.74, 6) is -2.00. The van der Waals surface area contributed by atoms with Gasteiger partial charge in [0.15, 0.2) is 9.84 Å². The summed E-state index contributed by atoms with van der Waals surface area (Å²) < 4.78 is 23.0. The van der Waals surface area contributed by atoms with Crippen molar-refractivity contribution < 1.29 is 18.0 Å². The average molecular weight is 234 g/mol. The molecule has 0 amide bonds. The molecule has 0 aliphatic heterocycles. The molecule has 0 saturated carbocycles. The molecule has 0 aliphatic carbocycles. The summed E-state index contributed by atoms with van der Waals surface area (Å²) in [6.45, 7) is 4.39. The molecule has 0 aromatic heterocycles. The second kappa shape index (κ2) is 6.00. The monoisotopic (exact) mass is 234 g/mol. The van der Waals surface area contributed by atoms with Crippen molar-refractivity contribution in [3.8, 4) is 0 Å². The summed E-state index contributed by atoms with van der Waals surface area (Å²) in [7, 11) is -3.27. The van der Waals surface area contributed by atoms with Crippen LogP contribution in [-0.4, -0.2) is 31.5 Å². The second-order valence-corrected chi connectivity index (χ2v) is 5.97. The maximum absolute atomic E-state index is 11.5. The topological polar surface area (TPSA) is 68.3 Å². The van der Waals surface area contributed by atoms with Crippen LogP contribution in [0.5, 0.6) is 0 Å². The number of ketones is 2. The zero-order valence-electron chi connectivity index (χ0n) is 9.45. The Labute approximate surface area is 91.0 Å². The van der Waals surface area contributed by atoms with Crippen LogP contribution in [0.25, 0.3) is 0 Å². The summed E-state index contributed by atoms with van der Waals surface area (Å²) in [4.78, 5) is 22.1. The Morgan fingerprint density at radius 1 is 1.13 bits per heavy atom. The number of Topliss-reactive ketones (excluding diaryl/α,β-unsaturated/α-hetero) is 2. The Morgan fingerprint density at radius 3 is 1.93 bits per heavy atom. The number of hydrogen-bond donors (Lipinski definition) is 0. The Morgan fingerprint density at radius 2 is 1.60 bits per heavy atom. The normalized spacial score (nSPS) is 11.7. The predicted octanol–water partition coefficient (Wildman–Crippen LogP) is 0.995. The summed E-state index contributed by atoms with van der Waals surface area (Å²) in [6, 6.07) is 0. The van der Waals surface area contributed by atoms with Crippen molar-refractivity contribution in [1.82, 2.24) is 0 Å². The molecule has 0 aliphatic rings. The van der Waals surface area contributed by atoms with Crippen molar-refractivity contribution in [2.75, 3.05) is 11.5 Å². The lowest BCUT2D eigenvalue weighted by Crippen LogP contribution is -2.29. The van der Waals surface area contributed by atoms with Gasteiger partial charge >= 0.3 is 0 Å². The molecule has 0 spiro atoms. The van der Waals surface area contributed by atoms with Gasteiger partial charge in [-0.25, -0.2) is 8.42 Å². The second-order valence-electron chi connectivity index (χ2n) is 3.74. The van der Waals surface area contributed by atoms with Crippen LogP contribution in [0.2, 0.25) is 0 Å². The van der Waals surface area contributed by atoms with Crippen LogP contribution in [0.3, 0.4) is 0 Å². The summed E-state index contributed by atoms with van der Waals surface area (Å²) >= 11 is 0. The number of rotatable bonds is 7. The molecule has 15 heavy (non-hydrogen) atoms. The van der Waals surface area contributed by atoms with E-state index in [0.29, 0.717) is 6.42 Å². The Bertz CT molecular complexity index is 315. The molecule has 88 valence electrons. The van der Waals surface area contributed by atoms with Crippen LogP contribution in [-0.2, 0) is 19.4 Å². The molecule has 0 fully saturated rings. The summed E-state index contributed by atoms with van der Waals surface area (Å²) in [6.07, 6.45) is 1.36. The molecule has 0 aromatic rings. The highest BCUT2D eigenvalue weighted by molar-refractivity contribution is 7.91. The van der Waals surface area contributed by atoms with Gasteiger partial charge in [0.2, 0.25) is 0 Å². The lowest BCUT2D eigenvalue weighted by Gasteiger charge is -2.10. The number of unbranched alkanes of at least 4 members (excludes halogenated alkanes) is 1. The number of sulfone groups is 1. The number of hydrogen-bond acceptors (Lipinski definition) is 4. The Balaban J connectivity index is 4.53. The molecule has 0 rings (SSSR count). The van der Waals surface area contributed by atoms with Crippen LogP contribution in [0.4, 0.5) is 0 Å². The van der Waals surface area contributed by atoms with Gasteiger partial charge in [-0.1, -0.05) is 13.3 Å². The third-order valence-corrected chi connectivity index (χ3v) is 3.96.